The Kier molecular flexibility index (Phi) is 17.4. The maximum absolute atomic E-state index is 13.5. The van der Waals surface area contributed by atoms with Crippen LogP contribution in [0.5, 0.6) is 0 Å². The number of aryl methyl sites for hydroxylation is 1. The molecule has 0 amide bonds. The van der Waals surface area contributed by atoms with Crippen molar-refractivity contribution in [3.8, 4) is 91.1 Å². The number of hydrogen-bond acceptors (Lipinski definition) is 10. The van der Waals surface area contributed by atoms with E-state index in [0.717, 1.165) is 145 Å². The molecule has 0 N–H and O–H groups in total. The molecule has 18 rings (SSSR count). The number of fused-ring (bicyclic) bond motifs is 15. The van der Waals surface area contributed by atoms with Gasteiger partial charge in [0.15, 0.2) is 17.5 Å². The van der Waals surface area contributed by atoms with Crippen LogP contribution in [0.25, 0.3) is 85.0 Å². The zero-order chi connectivity index (χ0) is 69.3. The summed E-state index contributed by atoms with van der Waals surface area (Å²) in [6, 6.07) is 47.7. The minimum absolute atomic E-state index is 0.216. The number of halogens is 3. The molecule has 0 unspecified atom stereocenters. The average molecular weight is 1370 g/mol. The van der Waals surface area contributed by atoms with Crippen LogP contribution in [-0.4, -0.2) is 138 Å². The average Bonchev–Trinajstić information content (AvgIpc) is 1.64. The number of nitriles is 1. The molecule has 0 saturated carbocycles. The molecule has 4 atom stereocenters. The first-order valence-corrected chi connectivity index (χ1v) is 35.7. The molecule has 6 aliphatic rings. The van der Waals surface area contributed by atoms with Crippen molar-refractivity contribution in [2.24, 2.45) is 23.7 Å². The molecule has 512 valence electrons. The summed E-state index contributed by atoms with van der Waals surface area (Å²) in [5, 5.41) is 18.4. The van der Waals surface area contributed by atoms with E-state index >= 15 is 0 Å². The van der Waals surface area contributed by atoms with Crippen LogP contribution in [0.2, 0.25) is 5.15 Å². The van der Waals surface area contributed by atoms with Gasteiger partial charge in [-0.1, -0.05) is 68.3 Å². The molecule has 101 heavy (non-hydrogen) atoms. The molecule has 12 aromatic rings. The lowest BCUT2D eigenvalue weighted by atomic mass is 9.98. The maximum Gasteiger partial charge on any atom is 0.185 e. The van der Waals surface area contributed by atoms with Crippen LogP contribution in [0.3, 0.4) is 0 Å². The smallest absolute Gasteiger partial charge is 0.185 e. The highest BCUT2D eigenvalue weighted by atomic mass is 35.5. The van der Waals surface area contributed by atoms with Crippen LogP contribution >= 0.6 is 11.6 Å². The Morgan fingerprint density at radius 3 is 1.73 bits per heavy atom. The van der Waals surface area contributed by atoms with E-state index in [-0.39, 0.29) is 11.6 Å². The molecule has 3 saturated heterocycles. The second-order valence-electron chi connectivity index (χ2n) is 28.9. The van der Waals surface area contributed by atoms with Gasteiger partial charge in [-0.15, -0.1) is 10.2 Å². The first-order chi connectivity index (χ1) is 49.1. The van der Waals surface area contributed by atoms with Crippen molar-refractivity contribution < 1.29 is 8.78 Å². The van der Waals surface area contributed by atoms with Crippen LogP contribution in [-0.2, 0) is 19.6 Å². The fraction of sp³-hybridized carbons (Fsp3) is 0.305. The van der Waals surface area contributed by atoms with Gasteiger partial charge in [0.2, 0.25) is 0 Å². The number of anilines is 3. The topological polar surface area (TPSA) is 121 Å². The van der Waals surface area contributed by atoms with Crippen molar-refractivity contribution in [2.45, 2.75) is 59.7 Å². The van der Waals surface area contributed by atoms with Crippen LogP contribution in [0.15, 0.2) is 183 Å². The summed E-state index contributed by atoms with van der Waals surface area (Å²) in [4.78, 5) is 21.6. The number of rotatable bonds is 11. The molecule has 19 heteroatoms. The van der Waals surface area contributed by atoms with E-state index in [0.29, 0.717) is 35.0 Å². The van der Waals surface area contributed by atoms with E-state index in [1.807, 2.05) is 67.1 Å². The fourth-order valence-electron chi connectivity index (χ4n) is 16.4. The molecule has 16 nitrogen and oxygen atoms in total. The highest BCUT2D eigenvalue weighted by Gasteiger charge is 2.34. The number of nitrogens with zero attached hydrogens (tertiary/aromatic N) is 16. The van der Waals surface area contributed by atoms with E-state index < -0.39 is 0 Å². The van der Waals surface area contributed by atoms with Gasteiger partial charge in [0.25, 0.3) is 0 Å². The van der Waals surface area contributed by atoms with E-state index in [1.165, 1.54) is 94.2 Å². The number of aromatic nitrogens is 10. The standard InChI is InChI=1S/C29H32FN5.C27H28FN5.C26H23ClN6/c1-19-11-26(33-14-20(2)24(18-33)15-32(3)4)12-23-17-34-16-22(21-5-7-25(30)8-6-21)13-27(34)29-31-9-10-35(29)28(19)23;1-30(2)15-19-9-11-31(16-19)24-7-8-25-22(13-24)18-32-17-21(20-3-5-23(28)6-4-20)14-26(32)27-29-10-12-33(25)27;1-2-17-9-10-31(14-17)21-7-8-23-20(11-21)15-32-24(26-30-29-16-33(23)26)12-22(25(32)27)19-5-3-18(13-28)4-6-19/h5-13,16,20,24H,14-15,17-18H2,1-4H3;3-8,10,12-14,17,19H,9,11,15-16,18H2,1-2H3;3-8,11-12,16-17H,2,9-10,14-15H2,1H3/t20-,24-;19-;17-/m110/s1. The van der Waals surface area contributed by atoms with Gasteiger partial charge < -0.3 is 38.2 Å². The zero-order valence-corrected chi connectivity index (χ0v) is 59.1. The van der Waals surface area contributed by atoms with E-state index in [9.17, 15) is 8.78 Å². The largest absolute Gasteiger partial charge is 0.371 e. The minimum atomic E-state index is -0.217. The van der Waals surface area contributed by atoms with Crippen LogP contribution in [0.1, 0.15) is 60.9 Å². The Morgan fingerprint density at radius 2 is 1.12 bits per heavy atom. The summed E-state index contributed by atoms with van der Waals surface area (Å²) in [7, 11) is 8.64. The van der Waals surface area contributed by atoms with Gasteiger partial charge in [-0.05, 0) is 214 Å². The molecular weight excluding hydrogens is 1280 g/mol. The molecule has 0 radical (unpaired) electrons. The Labute approximate surface area is 594 Å². The number of benzene rings is 6. The number of imidazole rings is 2. The van der Waals surface area contributed by atoms with Gasteiger partial charge in [-0.2, -0.15) is 5.26 Å². The summed E-state index contributed by atoms with van der Waals surface area (Å²) in [6.07, 6.45) is 17.7. The van der Waals surface area contributed by atoms with Gasteiger partial charge in [0.1, 0.15) is 23.1 Å². The van der Waals surface area contributed by atoms with Crippen molar-refractivity contribution >= 4 is 28.7 Å². The summed E-state index contributed by atoms with van der Waals surface area (Å²) >= 11 is 6.96. The molecule has 6 aromatic carbocycles. The van der Waals surface area contributed by atoms with Gasteiger partial charge >= 0.3 is 0 Å². The fourth-order valence-corrected chi connectivity index (χ4v) is 16.7. The lowest BCUT2D eigenvalue weighted by molar-refractivity contribution is 0.301. The molecule has 6 aliphatic heterocycles. The van der Waals surface area contributed by atoms with Crippen molar-refractivity contribution in [3.05, 3.63) is 228 Å². The summed E-state index contributed by atoms with van der Waals surface area (Å²) in [5.74, 6) is 5.05. The molecular formula is C82H83ClF2N16. The highest BCUT2D eigenvalue weighted by Crippen LogP contribution is 2.43. The summed E-state index contributed by atoms with van der Waals surface area (Å²) < 4.78 is 40.1. The summed E-state index contributed by atoms with van der Waals surface area (Å²) in [6.45, 7) is 18.0. The first-order valence-electron chi connectivity index (χ1n) is 35.3. The monoisotopic (exact) mass is 1360 g/mol. The zero-order valence-electron chi connectivity index (χ0n) is 58.3. The number of hydrogen-bond donors (Lipinski definition) is 0. The third-order valence-corrected chi connectivity index (χ3v) is 21.9. The third kappa shape index (κ3) is 12.6. The second kappa shape index (κ2) is 27.0. The predicted molar refractivity (Wildman–Crippen MR) is 400 cm³/mol. The quantitative estimate of drug-likeness (QED) is 0.124. The third-order valence-electron chi connectivity index (χ3n) is 21.5. The maximum atomic E-state index is 13.5. The van der Waals surface area contributed by atoms with Gasteiger partial charge in [-0.25, -0.2) is 18.7 Å². The minimum Gasteiger partial charge on any atom is -0.371 e. The van der Waals surface area contributed by atoms with Crippen molar-refractivity contribution in [1.82, 2.24) is 57.4 Å². The van der Waals surface area contributed by atoms with Crippen LogP contribution in [0.4, 0.5) is 25.8 Å². The van der Waals surface area contributed by atoms with Gasteiger partial charge in [-0.3, -0.25) is 13.7 Å². The Morgan fingerprint density at radius 1 is 0.554 bits per heavy atom. The summed E-state index contributed by atoms with van der Waals surface area (Å²) in [5.41, 5.74) is 22.2. The molecule has 3 fully saturated rings. The second-order valence-corrected chi connectivity index (χ2v) is 29.3. The van der Waals surface area contributed by atoms with E-state index in [4.69, 9.17) is 21.8 Å². The SMILES string of the molecule is CC[C@H]1CCN(c2ccc3c(c2)Cn2c(cc(-c4ccc(C#N)cc4)c2Cl)-c2nncn2-3)C1.CN(C)C[C@H]1CCN(c2ccc3c(c2)Cn2cc(-c4ccc(F)cc4)cc2-c2nccn2-3)C1.Cc1cc(N2C[C@@H](CN(C)C)[C@H](C)C2)cc2c1-n1ccnc1-c1cc(-c3ccc(F)cc3)cn1C2. The van der Waals surface area contributed by atoms with Crippen molar-refractivity contribution in [3.63, 3.8) is 0 Å². The lowest BCUT2D eigenvalue weighted by Gasteiger charge is -2.23. The molecule has 6 aromatic heterocycles. The van der Waals surface area contributed by atoms with Gasteiger partial charge in [0.05, 0.1) is 52.3 Å². The first kappa shape index (κ1) is 65.3. The predicted octanol–water partition coefficient (Wildman–Crippen LogP) is 15.9. The van der Waals surface area contributed by atoms with E-state index in [2.05, 4.69) is 207 Å². The molecule has 0 aliphatic carbocycles. The molecule has 0 spiro atoms. The van der Waals surface area contributed by atoms with Crippen LogP contribution < -0.4 is 14.7 Å². The lowest BCUT2D eigenvalue weighted by Crippen LogP contribution is -2.27. The normalized spacial score (nSPS) is 17.6. The van der Waals surface area contributed by atoms with Crippen molar-refractivity contribution in [2.75, 3.05) is 95.2 Å². The molecule has 0 bridgehead atoms. The Bertz CT molecular complexity index is 5080. The van der Waals surface area contributed by atoms with Crippen LogP contribution in [0, 0.1) is 53.6 Å². The highest BCUT2D eigenvalue weighted by molar-refractivity contribution is 6.32. The molecule has 12 heterocycles. The van der Waals surface area contributed by atoms with E-state index in [1.54, 1.807) is 6.33 Å². The van der Waals surface area contributed by atoms with Gasteiger partial charge in [0, 0.05) is 136 Å². The van der Waals surface area contributed by atoms with Crippen molar-refractivity contribution in [1.29, 1.82) is 5.26 Å². The Balaban J connectivity index is 0.000000118. The Hall–Kier alpha value is -10.3.